The Balaban J connectivity index is 1.80. The summed E-state index contributed by atoms with van der Waals surface area (Å²) in [5, 5.41) is 0. The summed E-state index contributed by atoms with van der Waals surface area (Å²) in [6.45, 7) is 0.542. The molecule has 1 aliphatic rings. The molecule has 0 aromatic heterocycles. The summed E-state index contributed by atoms with van der Waals surface area (Å²) in [6.07, 6.45) is 6.27. The van der Waals surface area contributed by atoms with Crippen LogP contribution in [0.25, 0.3) is 12.2 Å². The van der Waals surface area contributed by atoms with Crippen LogP contribution >= 0.6 is 0 Å². The fourth-order valence-corrected chi connectivity index (χ4v) is 2.37. The summed E-state index contributed by atoms with van der Waals surface area (Å²) in [7, 11) is 3.32. The van der Waals surface area contributed by atoms with E-state index < -0.39 is 0 Å². The fraction of sp³-hybridized carbons (Fsp3) is 0.158. The van der Waals surface area contributed by atoms with Gasteiger partial charge in [-0.3, -0.25) is 0 Å². The number of fused-ring (bicyclic) bond motifs is 1. The Labute approximate surface area is 130 Å². The lowest BCUT2D eigenvalue weighted by Gasteiger charge is -2.18. The molecule has 0 saturated carbocycles. The Hall–Kier alpha value is -2.68. The first-order valence-electron chi connectivity index (χ1n) is 7.12. The number of hydrogen-bond donors (Lipinski definition) is 0. The quantitative estimate of drug-likeness (QED) is 0.846. The van der Waals surface area contributed by atoms with Crippen molar-refractivity contribution in [2.45, 2.75) is 0 Å². The zero-order valence-electron chi connectivity index (χ0n) is 12.7. The second-order valence-electron chi connectivity index (χ2n) is 4.99. The minimum absolute atomic E-state index is 0.542. The summed E-state index contributed by atoms with van der Waals surface area (Å²) in [5.41, 5.74) is 3.29. The lowest BCUT2D eigenvalue weighted by molar-refractivity contribution is 0.318. The SMILES string of the molecule is COc1ccc(/C=C\C2=Cc3cccc(OC)c3OC2)cc1. The zero-order chi connectivity index (χ0) is 15.4. The highest BCUT2D eigenvalue weighted by Crippen LogP contribution is 2.35. The molecule has 0 N–H and O–H groups in total. The Morgan fingerprint density at radius 1 is 0.955 bits per heavy atom. The molecule has 3 nitrogen and oxygen atoms in total. The second-order valence-corrected chi connectivity index (χ2v) is 4.99. The van der Waals surface area contributed by atoms with Gasteiger partial charge in [-0.25, -0.2) is 0 Å². The van der Waals surface area contributed by atoms with E-state index in [0.717, 1.165) is 33.9 Å². The van der Waals surface area contributed by atoms with E-state index in [-0.39, 0.29) is 0 Å². The van der Waals surface area contributed by atoms with Gasteiger partial charge in [-0.05, 0) is 35.4 Å². The summed E-state index contributed by atoms with van der Waals surface area (Å²) < 4.78 is 16.3. The summed E-state index contributed by atoms with van der Waals surface area (Å²) in [6, 6.07) is 13.8. The lowest BCUT2D eigenvalue weighted by atomic mass is 10.1. The van der Waals surface area contributed by atoms with Crippen molar-refractivity contribution >= 4 is 12.2 Å². The Kier molecular flexibility index (Phi) is 4.15. The highest BCUT2D eigenvalue weighted by atomic mass is 16.5. The molecule has 0 saturated heterocycles. The average Bonchev–Trinajstić information content (AvgIpc) is 2.59. The van der Waals surface area contributed by atoms with Gasteiger partial charge in [0.05, 0.1) is 14.2 Å². The maximum atomic E-state index is 5.82. The van der Waals surface area contributed by atoms with Crippen LogP contribution in [0.3, 0.4) is 0 Å². The monoisotopic (exact) mass is 294 g/mol. The molecule has 22 heavy (non-hydrogen) atoms. The first-order chi connectivity index (χ1) is 10.8. The Morgan fingerprint density at radius 2 is 1.77 bits per heavy atom. The molecule has 3 rings (SSSR count). The summed E-state index contributed by atoms with van der Waals surface area (Å²) in [5.74, 6) is 2.44. The molecular formula is C19H18O3. The van der Waals surface area contributed by atoms with Crippen LogP contribution in [0.1, 0.15) is 11.1 Å². The lowest BCUT2D eigenvalue weighted by Crippen LogP contribution is -2.07. The van der Waals surface area contributed by atoms with E-state index in [0.29, 0.717) is 6.61 Å². The molecule has 0 aliphatic carbocycles. The average molecular weight is 294 g/mol. The summed E-state index contributed by atoms with van der Waals surface area (Å²) in [4.78, 5) is 0. The molecule has 1 heterocycles. The van der Waals surface area contributed by atoms with Gasteiger partial charge in [0.15, 0.2) is 11.5 Å². The molecule has 0 bridgehead atoms. The predicted octanol–water partition coefficient (Wildman–Crippen LogP) is 4.19. The van der Waals surface area contributed by atoms with Gasteiger partial charge in [0.1, 0.15) is 12.4 Å². The third-order valence-electron chi connectivity index (χ3n) is 3.56. The number of methoxy groups -OCH3 is 2. The number of ether oxygens (including phenoxy) is 3. The van der Waals surface area contributed by atoms with Crippen LogP contribution in [0, 0.1) is 0 Å². The van der Waals surface area contributed by atoms with Crippen molar-refractivity contribution in [1.82, 2.24) is 0 Å². The van der Waals surface area contributed by atoms with E-state index in [2.05, 4.69) is 18.2 Å². The predicted molar refractivity (Wildman–Crippen MR) is 88.5 cm³/mol. The molecule has 1 aliphatic heterocycles. The van der Waals surface area contributed by atoms with Gasteiger partial charge in [0.2, 0.25) is 0 Å². The van der Waals surface area contributed by atoms with Gasteiger partial charge >= 0.3 is 0 Å². The number of para-hydroxylation sites is 1. The largest absolute Gasteiger partial charge is 0.497 e. The molecule has 0 amide bonds. The van der Waals surface area contributed by atoms with Crippen LogP contribution in [-0.2, 0) is 0 Å². The molecule has 112 valence electrons. The molecule has 2 aromatic rings. The topological polar surface area (TPSA) is 27.7 Å². The standard InChI is InChI=1S/C19H18O3/c1-20-17-10-8-14(9-11-17)6-7-15-12-16-4-3-5-18(21-2)19(16)22-13-15/h3-12H,13H2,1-2H3/b7-6-. The molecule has 0 spiro atoms. The molecule has 0 unspecified atom stereocenters. The minimum atomic E-state index is 0.542. The van der Waals surface area contributed by atoms with Crippen molar-refractivity contribution in [3.63, 3.8) is 0 Å². The molecular weight excluding hydrogens is 276 g/mol. The van der Waals surface area contributed by atoms with E-state index in [1.165, 1.54) is 0 Å². The maximum absolute atomic E-state index is 5.82. The number of benzene rings is 2. The van der Waals surface area contributed by atoms with Crippen molar-refractivity contribution in [3.8, 4) is 17.2 Å². The van der Waals surface area contributed by atoms with Gasteiger partial charge in [-0.15, -0.1) is 0 Å². The van der Waals surface area contributed by atoms with Gasteiger partial charge < -0.3 is 14.2 Å². The van der Waals surface area contributed by atoms with E-state index >= 15 is 0 Å². The normalized spacial score (nSPS) is 13.3. The van der Waals surface area contributed by atoms with Gasteiger partial charge in [-0.2, -0.15) is 0 Å². The van der Waals surface area contributed by atoms with Crippen LogP contribution in [0.15, 0.2) is 54.1 Å². The van der Waals surface area contributed by atoms with Crippen molar-refractivity contribution in [2.24, 2.45) is 0 Å². The van der Waals surface area contributed by atoms with Crippen LogP contribution < -0.4 is 14.2 Å². The van der Waals surface area contributed by atoms with E-state index in [4.69, 9.17) is 14.2 Å². The van der Waals surface area contributed by atoms with E-state index in [9.17, 15) is 0 Å². The third-order valence-corrected chi connectivity index (χ3v) is 3.56. The van der Waals surface area contributed by atoms with Gasteiger partial charge in [-0.1, -0.05) is 36.4 Å². The Morgan fingerprint density at radius 3 is 2.50 bits per heavy atom. The maximum Gasteiger partial charge on any atom is 0.168 e. The first-order valence-corrected chi connectivity index (χ1v) is 7.12. The van der Waals surface area contributed by atoms with Crippen LogP contribution in [0.4, 0.5) is 0 Å². The van der Waals surface area contributed by atoms with Crippen molar-refractivity contribution in [2.75, 3.05) is 20.8 Å². The highest BCUT2D eigenvalue weighted by molar-refractivity contribution is 5.70. The third kappa shape index (κ3) is 2.98. The Bertz CT molecular complexity index is 712. The van der Waals surface area contributed by atoms with E-state index in [1.807, 2.05) is 42.5 Å². The molecule has 0 radical (unpaired) electrons. The van der Waals surface area contributed by atoms with Crippen molar-refractivity contribution < 1.29 is 14.2 Å². The van der Waals surface area contributed by atoms with E-state index in [1.54, 1.807) is 14.2 Å². The fourth-order valence-electron chi connectivity index (χ4n) is 2.37. The molecule has 0 fully saturated rings. The zero-order valence-corrected chi connectivity index (χ0v) is 12.7. The summed E-state index contributed by atoms with van der Waals surface area (Å²) >= 11 is 0. The van der Waals surface area contributed by atoms with Gasteiger partial charge in [0.25, 0.3) is 0 Å². The number of rotatable bonds is 4. The highest BCUT2D eigenvalue weighted by Gasteiger charge is 2.14. The van der Waals surface area contributed by atoms with Crippen molar-refractivity contribution in [1.29, 1.82) is 0 Å². The molecule has 3 heteroatoms. The second kappa shape index (κ2) is 6.39. The smallest absolute Gasteiger partial charge is 0.168 e. The van der Waals surface area contributed by atoms with Crippen LogP contribution in [0.2, 0.25) is 0 Å². The van der Waals surface area contributed by atoms with Crippen molar-refractivity contribution in [3.05, 3.63) is 65.2 Å². The first kappa shape index (κ1) is 14.3. The minimum Gasteiger partial charge on any atom is -0.497 e. The molecule has 2 aromatic carbocycles. The van der Waals surface area contributed by atoms with Crippen LogP contribution in [0.5, 0.6) is 17.2 Å². The van der Waals surface area contributed by atoms with Crippen LogP contribution in [-0.4, -0.2) is 20.8 Å². The van der Waals surface area contributed by atoms with Gasteiger partial charge in [0, 0.05) is 5.56 Å². The number of hydrogen-bond acceptors (Lipinski definition) is 3. The molecule has 0 atom stereocenters.